The van der Waals surface area contributed by atoms with Crippen LogP contribution in [0.1, 0.15) is 5.56 Å². The number of aromatic nitrogens is 3. The number of halogens is 1. The van der Waals surface area contributed by atoms with Crippen LogP contribution < -0.4 is 0 Å². The molecule has 0 saturated heterocycles. The van der Waals surface area contributed by atoms with Crippen molar-refractivity contribution in [3.8, 4) is 11.4 Å². The molecule has 3 aromatic rings. The molecule has 2 aromatic heterocycles. The number of rotatable bonds is 1. The molecule has 17 heavy (non-hydrogen) atoms. The highest BCUT2D eigenvalue weighted by Gasteiger charge is 2.08. The van der Waals surface area contributed by atoms with Crippen LogP contribution in [-0.2, 0) is 0 Å². The molecule has 0 amide bonds. The van der Waals surface area contributed by atoms with E-state index >= 15 is 0 Å². The zero-order chi connectivity index (χ0) is 11.8. The van der Waals surface area contributed by atoms with Crippen LogP contribution in [0.4, 0.5) is 4.39 Å². The third-order valence-corrected chi connectivity index (χ3v) is 2.73. The van der Waals surface area contributed by atoms with E-state index in [0.717, 1.165) is 28.0 Å². The quantitative estimate of drug-likeness (QED) is 0.694. The van der Waals surface area contributed by atoms with Gasteiger partial charge in [-0.2, -0.15) is 0 Å². The number of benzene rings is 1. The summed E-state index contributed by atoms with van der Waals surface area (Å²) >= 11 is 0. The molecule has 0 bridgehead atoms. The van der Waals surface area contributed by atoms with E-state index < -0.39 is 0 Å². The van der Waals surface area contributed by atoms with Crippen LogP contribution in [0.25, 0.3) is 22.4 Å². The van der Waals surface area contributed by atoms with Gasteiger partial charge in [-0.3, -0.25) is 4.98 Å². The molecule has 0 aliphatic rings. The van der Waals surface area contributed by atoms with Gasteiger partial charge in [0.05, 0.1) is 17.2 Å². The van der Waals surface area contributed by atoms with Crippen molar-refractivity contribution in [2.75, 3.05) is 0 Å². The van der Waals surface area contributed by atoms with Gasteiger partial charge in [-0.25, -0.2) is 9.37 Å². The number of fused-ring (bicyclic) bond motifs is 1. The smallest absolute Gasteiger partial charge is 0.138 e. The second-order valence-electron chi connectivity index (χ2n) is 3.94. The van der Waals surface area contributed by atoms with Crippen LogP contribution >= 0.6 is 0 Å². The minimum absolute atomic E-state index is 0.232. The van der Waals surface area contributed by atoms with Crippen molar-refractivity contribution in [1.82, 2.24) is 15.0 Å². The topological polar surface area (TPSA) is 41.6 Å². The molecule has 3 rings (SSSR count). The third kappa shape index (κ3) is 1.67. The predicted molar refractivity (Wildman–Crippen MR) is 64.0 cm³/mol. The maximum atomic E-state index is 13.0. The van der Waals surface area contributed by atoms with Gasteiger partial charge in [0, 0.05) is 11.8 Å². The first-order valence-electron chi connectivity index (χ1n) is 5.30. The third-order valence-electron chi connectivity index (χ3n) is 2.73. The zero-order valence-electron chi connectivity index (χ0n) is 9.24. The van der Waals surface area contributed by atoms with E-state index in [9.17, 15) is 4.39 Å². The number of pyridine rings is 1. The van der Waals surface area contributed by atoms with Crippen molar-refractivity contribution < 1.29 is 4.39 Å². The van der Waals surface area contributed by atoms with E-state index in [2.05, 4.69) is 15.0 Å². The molecule has 0 aliphatic carbocycles. The Kier molecular flexibility index (Phi) is 2.14. The lowest BCUT2D eigenvalue weighted by molar-refractivity contribution is 0.627. The van der Waals surface area contributed by atoms with Crippen LogP contribution in [0.15, 0.2) is 36.7 Å². The fourth-order valence-electron chi connectivity index (χ4n) is 1.88. The maximum Gasteiger partial charge on any atom is 0.138 e. The van der Waals surface area contributed by atoms with E-state index in [4.69, 9.17) is 0 Å². The van der Waals surface area contributed by atoms with Gasteiger partial charge in [0.1, 0.15) is 11.6 Å². The summed E-state index contributed by atoms with van der Waals surface area (Å²) in [5, 5.41) is 0. The molecule has 0 radical (unpaired) electrons. The lowest BCUT2D eigenvalue weighted by Crippen LogP contribution is -1.86. The lowest BCUT2D eigenvalue weighted by atomic mass is 10.1. The number of H-pyrrole nitrogens is 1. The Labute approximate surface area is 97.3 Å². The molecule has 0 atom stereocenters. The number of nitrogens with zero attached hydrogens (tertiary/aromatic N) is 2. The van der Waals surface area contributed by atoms with Crippen molar-refractivity contribution in [3.05, 3.63) is 48.0 Å². The Hall–Kier alpha value is -2.23. The van der Waals surface area contributed by atoms with Crippen LogP contribution in [0.5, 0.6) is 0 Å². The van der Waals surface area contributed by atoms with Gasteiger partial charge in [0.25, 0.3) is 0 Å². The minimum Gasteiger partial charge on any atom is -0.337 e. The number of imidazole rings is 1. The Balaban J connectivity index is 2.20. The number of hydrogen-bond acceptors (Lipinski definition) is 2. The summed E-state index contributed by atoms with van der Waals surface area (Å²) in [7, 11) is 0. The van der Waals surface area contributed by atoms with Gasteiger partial charge in [0.2, 0.25) is 0 Å². The van der Waals surface area contributed by atoms with Crippen LogP contribution in [0.2, 0.25) is 0 Å². The minimum atomic E-state index is -0.232. The van der Waals surface area contributed by atoms with Gasteiger partial charge < -0.3 is 4.98 Å². The van der Waals surface area contributed by atoms with Gasteiger partial charge >= 0.3 is 0 Å². The number of hydrogen-bond donors (Lipinski definition) is 1. The summed E-state index contributed by atoms with van der Waals surface area (Å²) in [6.45, 7) is 1.86. The Morgan fingerprint density at radius 2 is 2.12 bits per heavy atom. The monoisotopic (exact) mass is 227 g/mol. The Morgan fingerprint density at radius 1 is 1.24 bits per heavy atom. The number of nitrogens with one attached hydrogen (secondary N) is 1. The lowest BCUT2D eigenvalue weighted by Gasteiger charge is -2.01. The van der Waals surface area contributed by atoms with Gasteiger partial charge in [-0.1, -0.05) is 0 Å². The summed E-state index contributed by atoms with van der Waals surface area (Å²) in [6.07, 6.45) is 3.43. The first-order valence-corrected chi connectivity index (χ1v) is 5.30. The molecule has 4 heteroatoms. The van der Waals surface area contributed by atoms with Crippen molar-refractivity contribution in [2.24, 2.45) is 0 Å². The van der Waals surface area contributed by atoms with Crippen molar-refractivity contribution in [2.45, 2.75) is 6.92 Å². The first-order chi connectivity index (χ1) is 8.24. The first kappa shape index (κ1) is 9.96. The van der Waals surface area contributed by atoms with Crippen molar-refractivity contribution in [3.63, 3.8) is 0 Å². The average Bonchev–Trinajstić information content (AvgIpc) is 2.72. The van der Waals surface area contributed by atoms with Gasteiger partial charge in [-0.05, 0) is 36.8 Å². The summed E-state index contributed by atoms with van der Waals surface area (Å²) in [6, 6.07) is 6.51. The zero-order valence-corrected chi connectivity index (χ0v) is 9.24. The molecular weight excluding hydrogens is 217 g/mol. The van der Waals surface area contributed by atoms with Gasteiger partial charge in [-0.15, -0.1) is 0 Å². The van der Waals surface area contributed by atoms with E-state index in [1.54, 1.807) is 18.5 Å². The molecule has 0 unspecified atom stereocenters. The molecule has 84 valence electrons. The highest BCUT2D eigenvalue weighted by atomic mass is 19.1. The number of aryl methyl sites for hydroxylation is 1. The molecule has 2 heterocycles. The van der Waals surface area contributed by atoms with E-state index in [1.165, 1.54) is 12.1 Å². The molecule has 1 N–H and O–H groups in total. The van der Waals surface area contributed by atoms with E-state index in [-0.39, 0.29) is 5.82 Å². The van der Waals surface area contributed by atoms with Crippen LogP contribution in [0.3, 0.4) is 0 Å². The highest BCUT2D eigenvalue weighted by Crippen LogP contribution is 2.23. The van der Waals surface area contributed by atoms with Crippen LogP contribution in [-0.4, -0.2) is 15.0 Å². The fraction of sp³-hybridized carbons (Fsp3) is 0.0769. The summed E-state index contributed by atoms with van der Waals surface area (Å²) in [5.41, 5.74) is 3.50. The molecule has 0 aliphatic heterocycles. The Bertz CT molecular complexity index is 655. The van der Waals surface area contributed by atoms with Crippen LogP contribution in [0, 0.1) is 12.7 Å². The standard InChI is InChI=1S/C13H10FN3/c1-8-6-9(14)2-3-10(8)13-16-11-4-5-15-7-12(11)17-13/h2-7H,1H3,(H,16,17). The van der Waals surface area contributed by atoms with E-state index in [1.807, 2.05) is 13.0 Å². The largest absolute Gasteiger partial charge is 0.337 e. The highest BCUT2D eigenvalue weighted by molar-refractivity contribution is 5.78. The number of aromatic amines is 1. The Morgan fingerprint density at radius 3 is 2.88 bits per heavy atom. The summed E-state index contributed by atoms with van der Waals surface area (Å²) < 4.78 is 13.0. The fourth-order valence-corrected chi connectivity index (χ4v) is 1.88. The predicted octanol–water partition coefficient (Wildman–Crippen LogP) is 3.07. The second-order valence-corrected chi connectivity index (χ2v) is 3.94. The molecule has 0 spiro atoms. The molecule has 3 nitrogen and oxygen atoms in total. The molecular formula is C13H10FN3. The second kappa shape index (κ2) is 3.66. The van der Waals surface area contributed by atoms with E-state index in [0.29, 0.717) is 0 Å². The average molecular weight is 227 g/mol. The normalized spacial score (nSPS) is 10.9. The molecule has 0 fully saturated rings. The summed E-state index contributed by atoms with van der Waals surface area (Å²) in [4.78, 5) is 11.7. The molecule has 1 aromatic carbocycles. The maximum absolute atomic E-state index is 13.0. The summed E-state index contributed by atoms with van der Waals surface area (Å²) in [5.74, 6) is 0.509. The SMILES string of the molecule is Cc1cc(F)ccc1-c1nc2ccncc2[nH]1. The van der Waals surface area contributed by atoms with Crippen molar-refractivity contribution in [1.29, 1.82) is 0 Å². The molecule has 0 saturated carbocycles. The van der Waals surface area contributed by atoms with Gasteiger partial charge in [0.15, 0.2) is 0 Å². The van der Waals surface area contributed by atoms with Crippen molar-refractivity contribution >= 4 is 11.0 Å².